The molecule has 1 saturated carbocycles. The van der Waals surface area contributed by atoms with Gasteiger partial charge in [0.15, 0.2) is 0 Å². The molecular weight excluding hydrogens is 198 g/mol. The van der Waals surface area contributed by atoms with Gasteiger partial charge < -0.3 is 0 Å². The fraction of sp³-hybridized carbons (Fsp3) is 0.846. The third-order valence-electron chi connectivity index (χ3n) is 4.55. The van der Waals surface area contributed by atoms with Gasteiger partial charge in [0.25, 0.3) is 0 Å². The van der Waals surface area contributed by atoms with Gasteiger partial charge in [-0.3, -0.25) is 0 Å². The summed E-state index contributed by atoms with van der Waals surface area (Å²) in [6.45, 7) is 6.79. The second-order valence-corrected chi connectivity index (χ2v) is 5.79. The Labute approximate surface area is 97.2 Å². The number of fused-ring (bicyclic) bond motifs is 2. The first kappa shape index (κ1) is 10.3. The Balaban J connectivity index is 1.87. The molecule has 3 nitrogen and oxygen atoms in total. The van der Waals surface area contributed by atoms with E-state index in [9.17, 15) is 0 Å². The lowest BCUT2D eigenvalue weighted by Crippen LogP contribution is -2.10. The van der Waals surface area contributed by atoms with E-state index < -0.39 is 0 Å². The summed E-state index contributed by atoms with van der Waals surface area (Å²) in [7, 11) is 0. The third-order valence-corrected chi connectivity index (χ3v) is 4.55. The van der Waals surface area contributed by atoms with Gasteiger partial charge in [0.1, 0.15) is 0 Å². The first-order chi connectivity index (χ1) is 7.68. The molecule has 0 spiro atoms. The van der Waals surface area contributed by atoms with Crippen molar-refractivity contribution in [2.75, 3.05) is 0 Å². The maximum Gasteiger partial charge on any atom is 0.0859 e. The van der Waals surface area contributed by atoms with Crippen molar-refractivity contribution >= 4 is 0 Å². The van der Waals surface area contributed by atoms with Crippen LogP contribution in [-0.2, 0) is 12.8 Å². The first-order valence-corrected chi connectivity index (χ1v) is 6.61. The van der Waals surface area contributed by atoms with Crippen molar-refractivity contribution in [1.29, 1.82) is 0 Å². The molecule has 0 aliphatic heterocycles. The number of hydrogen-bond acceptors (Lipinski definition) is 2. The molecule has 3 rings (SSSR count). The average Bonchev–Trinajstić information content (AvgIpc) is 2.67. The van der Waals surface area contributed by atoms with Crippen molar-refractivity contribution < 1.29 is 0 Å². The van der Waals surface area contributed by atoms with Gasteiger partial charge in [-0.1, -0.05) is 12.1 Å². The first-order valence-electron chi connectivity index (χ1n) is 6.61. The summed E-state index contributed by atoms with van der Waals surface area (Å²) in [5, 5.41) is 8.68. The van der Waals surface area contributed by atoms with Crippen LogP contribution in [0.3, 0.4) is 0 Å². The monoisotopic (exact) mass is 219 g/mol. The van der Waals surface area contributed by atoms with Gasteiger partial charge in [-0.25, -0.2) is 4.68 Å². The van der Waals surface area contributed by atoms with Crippen LogP contribution in [0.1, 0.15) is 51.0 Å². The molecule has 16 heavy (non-hydrogen) atoms. The molecule has 2 aliphatic rings. The largest absolute Gasteiger partial charge is 0.247 e. The van der Waals surface area contributed by atoms with Crippen molar-refractivity contribution in [3.05, 3.63) is 11.4 Å². The highest BCUT2D eigenvalue weighted by Crippen LogP contribution is 2.52. The molecule has 1 aromatic heterocycles. The van der Waals surface area contributed by atoms with E-state index in [2.05, 4.69) is 35.8 Å². The lowest BCUT2D eigenvalue weighted by molar-refractivity contribution is 0.481. The average molecular weight is 219 g/mol. The molecule has 0 aromatic carbocycles. The van der Waals surface area contributed by atoms with E-state index in [1.165, 1.54) is 30.7 Å². The van der Waals surface area contributed by atoms with E-state index in [0.29, 0.717) is 6.04 Å². The lowest BCUT2D eigenvalue weighted by Gasteiger charge is -2.12. The van der Waals surface area contributed by atoms with E-state index >= 15 is 0 Å². The molecule has 88 valence electrons. The second-order valence-electron chi connectivity index (χ2n) is 5.79. The van der Waals surface area contributed by atoms with Gasteiger partial charge in [0, 0.05) is 6.04 Å². The van der Waals surface area contributed by atoms with E-state index in [0.717, 1.165) is 24.2 Å². The molecule has 0 bridgehead atoms. The maximum absolute atomic E-state index is 4.37. The van der Waals surface area contributed by atoms with Crippen molar-refractivity contribution in [2.45, 2.75) is 52.5 Å². The standard InChI is InChI=1S/C13H21N3/c1-8(2)16-13-7-5-11-9(3)10(11)4-6-12(13)14-15-16/h8-11H,4-7H2,1-3H3/t9-,10?,11?/m0/s1. The highest BCUT2D eigenvalue weighted by Gasteiger charge is 2.46. The zero-order chi connectivity index (χ0) is 11.3. The van der Waals surface area contributed by atoms with Gasteiger partial charge in [0.2, 0.25) is 0 Å². The van der Waals surface area contributed by atoms with Crippen LogP contribution < -0.4 is 0 Å². The smallest absolute Gasteiger partial charge is 0.0859 e. The Kier molecular flexibility index (Phi) is 2.30. The van der Waals surface area contributed by atoms with Crippen molar-refractivity contribution in [3.63, 3.8) is 0 Å². The zero-order valence-electron chi connectivity index (χ0n) is 10.5. The van der Waals surface area contributed by atoms with Gasteiger partial charge >= 0.3 is 0 Å². The summed E-state index contributed by atoms with van der Waals surface area (Å²) in [6, 6.07) is 0.447. The predicted octanol–water partition coefficient (Wildman–Crippen LogP) is 2.62. The van der Waals surface area contributed by atoms with Crippen LogP contribution in [0.15, 0.2) is 0 Å². The van der Waals surface area contributed by atoms with Gasteiger partial charge in [0.05, 0.1) is 11.4 Å². The molecule has 3 heteroatoms. The Bertz CT molecular complexity index is 394. The normalized spacial score (nSPS) is 32.9. The van der Waals surface area contributed by atoms with E-state index in [1.54, 1.807) is 0 Å². The fourth-order valence-corrected chi connectivity index (χ4v) is 3.41. The molecule has 2 unspecified atom stereocenters. The molecule has 1 heterocycles. The molecule has 1 aromatic rings. The molecule has 0 saturated heterocycles. The van der Waals surface area contributed by atoms with Crippen LogP contribution in [0.25, 0.3) is 0 Å². The Hall–Kier alpha value is -0.860. The topological polar surface area (TPSA) is 30.7 Å². The molecule has 1 fully saturated rings. The Morgan fingerprint density at radius 2 is 1.88 bits per heavy atom. The highest BCUT2D eigenvalue weighted by atomic mass is 15.4. The number of aromatic nitrogens is 3. The van der Waals surface area contributed by atoms with Gasteiger partial charge in [-0.2, -0.15) is 0 Å². The zero-order valence-corrected chi connectivity index (χ0v) is 10.5. The third kappa shape index (κ3) is 1.48. The van der Waals surface area contributed by atoms with E-state index in [4.69, 9.17) is 0 Å². The lowest BCUT2D eigenvalue weighted by atomic mass is 10.0. The molecule has 0 amide bonds. The fourth-order valence-electron chi connectivity index (χ4n) is 3.41. The number of rotatable bonds is 1. The summed E-state index contributed by atoms with van der Waals surface area (Å²) in [4.78, 5) is 0. The van der Waals surface area contributed by atoms with Crippen LogP contribution >= 0.6 is 0 Å². The van der Waals surface area contributed by atoms with E-state index in [-0.39, 0.29) is 0 Å². The minimum atomic E-state index is 0.447. The number of hydrogen-bond donors (Lipinski definition) is 0. The molecule has 3 atom stereocenters. The minimum Gasteiger partial charge on any atom is -0.247 e. The number of aryl methyl sites for hydroxylation is 1. The quantitative estimate of drug-likeness (QED) is 0.727. The van der Waals surface area contributed by atoms with Crippen LogP contribution in [0.5, 0.6) is 0 Å². The van der Waals surface area contributed by atoms with Crippen LogP contribution in [0.4, 0.5) is 0 Å². The second kappa shape index (κ2) is 3.57. The predicted molar refractivity (Wildman–Crippen MR) is 63.2 cm³/mol. The van der Waals surface area contributed by atoms with Crippen molar-refractivity contribution in [2.24, 2.45) is 17.8 Å². The van der Waals surface area contributed by atoms with Crippen LogP contribution in [-0.4, -0.2) is 15.0 Å². The van der Waals surface area contributed by atoms with Crippen molar-refractivity contribution in [3.8, 4) is 0 Å². The Morgan fingerprint density at radius 1 is 1.19 bits per heavy atom. The molecule has 0 radical (unpaired) electrons. The summed E-state index contributed by atoms with van der Waals surface area (Å²) in [5.41, 5.74) is 2.68. The maximum atomic E-state index is 4.37. The van der Waals surface area contributed by atoms with Crippen molar-refractivity contribution in [1.82, 2.24) is 15.0 Å². The highest BCUT2D eigenvalue weighted by molar-refractivity contribution is 5.15. The summed E-state index contributed by atoms with van der Waals surface area (Å²) in [6.07, 6.45) is 5.01. The summed E-state index contributed by atoms with van der Waals surface area (Å²) in [5.74, 6) is 2.94. The van der Waals surface area contributed by atoms with Crippen LogP contribution in [0.2, 0.25) is 0 Å². The molecular formula is C13H21N3. The van der Waals surface area contributed by atoms with E-state index in [1.807, 2.05) is 0 Å². The minimum absolute atomic E-state index is 0.447. The molecule has 2 aliphatic carbocycles. The summed E-state index contributed by atoms with van der Waals surface area (Å²) >= 11 is 0. The molecule has 0 N–H and O–H groups in total. The Morgan fingerprint density at radius 3 is 2.56 bits per heavy atom. The van der Waals surface area contributed by atoms with Crippen LogP contribution in [0, 0.1) is 17.8 Å². The number of nitrogens with zero attached hydrogens (tertiary/aromatic N) is 3. The van der Waals surface area contributed by atoms with Gasteiger partial charge in [-0.15, -0.1) is 5.10 Å². The SMILES string of the molecule is CC(C)n1nnc2c1CCC1C(CC2)[C@@H]1C. The summed E-state index contributed by atoms with van der Waals surface area (Å²) < 4.78 is 2.13. The van der Waals surface area contributed by atoms with Gasteiger partial charge in [-0.05, 0) is 57.3 Å².